The van der Waals surface area contributed by atoms with Gasteiger partial charge in [0.05, 0.1) is 5.56 Å². The standard InChI is InChI=1S/C11H16N2O2/c1-12(2)8-5-6-10(14)9(7-8)11(15)13(3)4/h5-7,14H,1-4H3. The molecule has 0 saturated carbocycles. The molecule has 1 amide bonds. The Morgan fingerprint density at radius 2 is 1.80 bits per heavy atom. The molecule has 82 valence electrons. The van der Waals surface area contributed by atoms with Gasteiger partial charge < -0.3 is 14.9 Å². The molecule has 1 N–H and O–H groups in total. The summed E-state index contributed by atoms with van der Waals surface area (Å²) in [4.78, 5) is 15.0. The van der Waals surface area contributed by atoms with Crippen LogP contribution in [0.4, 0.5) is 5.69 Å². The molecule has 1 aromatic rings. The van der Waals surface area contributed by atoms with Gasteiger partial charge >= 0.3 is 0 Å². The van der Waals surface area contributed by atoms with E-state index >= 15 is 0 Å². The van der Waals surface area contributed by atoms with Crippen LogP contribution in [0.3, 0.4) is 0 Å². The highest BCUT2D eigenvalue weighted by Gasteiger charge is 2.13. The lowest BCUT2D eigenvalue weighted by Gasteiger charge is -2.16. The number of hydrogen-bond acceptors (Lipinski definition) is 3. The molecule has 0 bridgehead atoms. The van der Waals surface area contributed by atoms with Crippen molar-refractivity contribution in [3.63, 3.8) is 0 Å². The third-order valence-electron chi connectivity index (χ3n) is 2.13. The van der Waals surface area contributed by atoms with E-state index in [2.05, 4.69) is 0 Å². The molecule has 0 fully saturated rings. The minimum atomic E-state index is -0.198. The summed E-state index contributed by atoms with van der Waals surface area (Å²) in [5, 5.41) is 9.57. The van der Waals surface area contributed by atoms with E-state index in [4.69, 9.17) is 0 Å². The Kier molecular flexibility index (Phi) is 3.19. The summed E-state index contributed by atoms with van der Waals surface area (Å²) in [6.45, 7) is 0. The van der Waals surface area contributed by atoms with Crippen LogP contribution in [-0.2, 0) is 0 Å². The number of rotatable bonds is 2. The monoisotopic (exact) mass is 208 g/mol. The van der Waals surface area contributed by atoms with Crippen LogP contribution in [0.2, 0.25) is 0 Å². The van der Waals surface area contributed by atoms with Crippen molar-refractivity contribution < 1.29 is 9.90 Å². The third kappa shape index (κ3) is 2.40. The quantitative estimate of drug-likeness (QED) is 0.793. The Morgan fingerprint density at radius 3 is 2.27 bits per heavy atom. The van der Waals surface area contributed by atoms with Gasteiger partial charge in [-0.2, -0.15) is 0 Å². The van der Waals surface area contributed by atoms with Gasteiger partial charge in [0.25, 0.3) is 5.91 Å². The first kappa shape index (κ1) is 11.4. The van der Waals surface area contributed by atoms with E-state index in [1.807, 2.05) is 19.0 Å². The fraction of sp³-hybridized carbons (Fsp3) is 0.364. The van der Waals surface area contributed by atoms with E-state index in [0.29, 0.717) is 5.56 Å². The number of benzene rings is 1. The molecule has 4 heteroatoms. The number of amides is 1. The van der Waals surface area contributed by atoms with E-state index < -0.39 is 0 Å². The summed E-state index contributed by atoms with van der Waals surface area (Å²) >= 11 is 0. The zero-order valence-corrected chi connectivity index (χ0v) is 9.48. The molecular weight excluding hydrogens is 192 g/mol. The lowest BCUT2D eigenvalue weighted by molar-refractivity contribution is 0.0824. The molecule has 0 saturated heterocycles. The van der Waals surface area contributed by atoms with E-state index in [9.17, 15) is 9.90 Å². The summed E-state index contributed by atoms with van der Waals surface area (Å²) < 4.78 is 0. The number of anilines is 1. The average Bonchev–Trinajstić information content (AvgIpc) is 2.16. The van der Waals surface area contributed by atoms with Crippen molar-refractivity contribution >= 4 is 11.6 Å². The van der Waals surface area contributed by atoms with Gasteiger partial charge in [0.1, 0.15) is 5.75 Å². The Labute approximate surface area is 89.7 Å². The second-order valence-corrected chi connectivity index (χ2v) is 3.80. The molecule has 0 radical (unpaired) electrons. The molecule has 0 unspecified atom stereocenters. The molecular formula is C11H16N2O2. The van der Waals surface area contributed by atoms with Crippen LogP contribution in [0.1, 0.15) is 10.4 Å². The smallest absolute Gasteiger partial charge is 0.257 e. The Bertz CT molecular complexity index is 373. The van der Waals surface area contributed by atoms with Gasteiger partial charge in [-0.3, -0.25) is 4.79 Å². The molecule has 0 aliphatic rings. The van der Waals surface area contributed by atoms with Crippen molar-refractivity contribution in [1.82, 2.24) is 4.90 Å². The number of phenolic OH excluding ortho intramolecular Hbond substituents is 1. The Morgan fingerprint density at radius 1 is 1.20 bits per heavy atom. The number of nitrogens with zero attached hydrogens (tertiary/aromatic N) is 2. The number of carbonyl (C=O) groups excluding carboxylic acids is 1. The molecule has 0 atom stereocenters. The fourth-order valence-corrected chi connectivity index (χ4v) is 1.21. The first-order valence-electron chi connectivity index (χ1n) is 4.65. The number of hydrogen-bond donors (Lipinski definition) is 1. The minimum Gasteiger partial charge on any atom is -0.507 e. The molecule has 0 spiro atoms. The largest absolute Gasteiger partial charge is 0.507 e. The van der Waals surface area contributed by atoms with E-state index in [1.165, 1.54) is 11.0 Å². The summed E-state index contributed by atoms with van der Waals surface area (Å²) in [7, 11) is 7.08. The average molecular weight is 208 g/mol. The van der Waals surface area contributed by atoms with Crippen LogP contribution in [0.15, 0.2) is 18.2 Å². The van der Waals surface area contributed by atoms with E-state index in [-0.39, 0.29) is 11.7 Å². The molecule has 15 heavy (non-hydrogen) atoms. The normalized spacial score (nSPS) is 9.87. The highest BCUT2D eigenvalue weighted by molar-refractivity contribution is 5.97. The first-order chi connectivity index (χ1) is 6.93. The van der Waals surface area contributed by atoms with Gasteiger partial charge in [-0.15, -0.1) is 0 Å². The maximum absolute atomic E-state index is 11.7. The first-order valence-corrected chi connectivity index (χ1v) is 4.65. The van der Waals surface area contributed by atoms with Crippen LogP contribution in [-0.4, -0.2) is 44.1 Å². The summed E-state index contributed by atoms with van der Waals surface area (Å²) in [6.07, 6.45) is 0. The highest BCUT2D eigenvalue weighted by Crippen LogP contribution is 2.23. The predicted octanol–water partition coefficient (Wildman–Crippen LogP) is 1.16. The zero-order valence-electron chi connectivity index (χ0n) is 9.48. The zero-order chi connectivity index (χ0) is 11.6. The van der Waals surface area contributed by atoms with Crippen LogP contribution < -0.4 is 4.90 Å². The SMILES string of the molecule is CN(C)C(=O)c1cc(N(C)C)ccc1O. The maximum Gasteiger partial charge on any atom is 0.257 e. The van der Waals surface area contributed by atoms with E-state index in [0.717, 1.165) is 5.69 Å². The van der Waals surface area contributed by atoms with Crippen molar-refractivity contribution in [2.45, 2.75) is 0 Å². The van der Waals surface area contributed by atoms with Crippen molar-refractivity contribution in [3.8, 4) is 5.75 Å². The van der Waals surface area contributed by atoms with Crippen molar-refractivity contribution in [2.75, 3.05) is 33.1 Å². The number of aromatic hydroxyl groups is 1. The van der Waals surface area contributed by atoms with Gasteiger partial charge in [-0.05, 0) is 18.2 Å². The summed E-state index contributed by atoms with van der Waals surface area (Å²) in [5.41, 5.74) is 1.21. The van der Waals surface area contributed by atoms with Gasteiger partial charge in [0.2, 0.25) is 0 Å². The van der Waals surface area contributed by atoms with Gasteiger partial charge in [0.15, 0.2) is 0 Å². The van der Waals surface area contributed by atoms with Gasteiger partial charge in [-0.1, -0.05) is 0 Å². The fourth-order valence-electron chi connectivity index (χ4n) is 1.21. The predicted molar refractivity (Wildman–Crippen MR) is 60.5 cm³/mol. The minimum absolute atomic E-state index is 0.0132. The maximum atomic E-state index is 11.7. The van der Waals surface area contributed by atoms with Gasteiger partial charge in [0, 0.05) is 33.9 Å². The molecule has 0 heterocycles. The van der Waals surface area contributed by atoms with Crippen molar-refractivity contribution in [1.29, 1.82) is 0 Å². The number of carbonyl (C=O) groups is 1. The topological polar surface area (TPSA) is 43.8 Å². The number of phenols is 1. The van der Waals surface area contributed by atoms with Crippen molar-refractivity contribution in [3.05, 3.63) is 23.8 Å². The molecule has 0 aliphatic carbocycles. The molecule has 0 aromatic heterocycles. The van der Waals surface area contributed by atoms with Gasteiger partial charge in [-0.25, -0.2) is 0 Å². The van der Waals surface area contributed by atoms with Crippen LogP contribution in [0, 0.1) is 0 Å². The van der Waals surface area contributed by atoms with E-state index in [1.54, 1.807) is 26.2 Å². The lowest BCUT2D eigenvalue weighted by Crippen LogP contribution is -2.22. The van der Waals surface area contributed by atoms with Crippen molar-refractivity contribution in [2.24, 2.45) is 0 Å². The molecule has 4 nitrogen and oxygen atoms in total. The Balaban J connectivity index is 3.16. The second kappa shape index (κ2) is 4.21. The molecule has 1 rings (SSSR count). The lowest BCUT2D eigenvalue weighted by atomic mass is 10.1. The molecule has 1 aromatic carbocycles. The Hall–Kier alpha value is -1.71. The molecule has 0 aliphatic heterocycles. The van der Waals surface area contributed by atoms with Crippen LogP contribution >= 0.6 is 0 Å². The van der Waals surface area contributed by atoms with Crippen LogP contribution in [0.25, 0.3) is 0 Å². The van der Waals surface area contributed by atoms with Crippen LogP contribution in [0.5, 0.6) is 5.75 Å². The second-order valence-electron chi connectivity index (χ2n) is 3.80. The highest BCUT2D eigenvalue weighted by atomic mass is 16.3. The summed E-state index contributed by atoms with van der Waals surface area (Å²) in [6, 6.07) is 4.98. The summed E-state index contributed by atoms with van der Waals surface area (Å²) in [5.74, 6) is -0.185. The third-order valence-corrected chi connectivity index (χ3v) is 2.13.